The van der Waals surface area contributed by atoms with Crippen LogP contribution in [0, 0.1) is 5.92 Å². The summed E-state index contributed by atoms with van der Waals surface area (Å²) in [5, 5.41) is 0. The molecule has 1 heteroatoms. The highest BCUT2D eigenvalue weighted by atomic mass is 16.5. The largest absolute Gasteiger partial charge is 0.496 e. The van der Waals surface area contributed by atoms with Crippen molar-refractivity contribution in [2.24, 2.45) is 5.92 Å². The van der Waals surface area contributed by atoms with Crippen molar-refractivity contribution in [2.75, 3.05) is 7.11 Å². The summed E-state index contributed by atoms with van der Waals surface area (Å²) in [5.74, 6) is 1.36. The van der Waals surface area contributed by atoms with Crippen molar-refractivity contribution in [3.63, 3.8) is 0 Å². The lowest BCUT2D eigenvalue weighted by atomic mass is 9.96. The van der Waals surface area contributed by atoms with Gasteiger partial charge in [-0.2, -0.15) is 0 Å². The number of benzene rings is 1. The third kappa shape index (κ3) is 2.11. The molecule has 1 aromatic rings. The molecule has 0 spiro atoms. The predicted molar refractivity (Wildman–Crippen MR) is 56.9 cm³/mol. The van der Waals surface area contributed by atoms with Crippen LogP contribution in [0.25, 0.3) is 5.57 Å². The van der Waals surface area contributed by atoms with Gasteiger partial charge in [0.1, 0.15) is 5.75 Å². The Hall–Kier alpha value is -1.24. The molecule has 0 unspecified atom stereocenters. The van der Waals surface area contributed by atoms with Crippen molar-refractivity contribution >= 4 is 5.57 Å². The number of para-hydroxylation sites is 1. The van der Waals surface area contributed by atoms with Crippen LogP contribution in [0.3, 0.4) is 0 Å². The first-order valence-corrected chi connectivity index (χ1v) is 4.49. The first kappa shape index (κ1) is 9.85. The Morgan fingerprint density at radius 3 is 2.46 bits per heavy atom. The molecule has 0 fully saturated rings. The summed E-state index contributed by atoms with van der Waals surface area (Å²) >= 11 is 0. The van der Waals surface area contributed by atoms with E-state index in [9.17, 15) is 0 Å². The lowest BCUT2D eigenvalue weighted by molar-refractivity contribution is 0.413. The molecule has 0 aromatic heterocycles. The first-order valence-electron chi connectivity index (χ1n) is 4.49. The van der Waals surface area contributed by atoms with Crippen molar-refractivity contribution in [2.45, 2.75) is 13.8 Å². The van der Waals surface area contributed by atoms with Gasteiger partial charge < -0.3 is 4.74 Å². The maximum Gasteiger partial charge on any atom is 0.126 e. The first-order chi connectivity index (χ1) is 6.16. The highest BCUT2D eigenvalue weighted by Gasteiger charge is 2.08. The summed E-state index contributed by atoms with van der Waals surface area (Å²) in [6.07, 6.45) is 0. The fourth-order valence-corrected chi connectivity index (χ4v) is 1.22. The summed E-state index contributed by atoms with van der Waals surface area (Å²) < 4.78 is 5.26. The number of allylic oxidation sites excluding steroid dienone is 1. The fraction of sp³-hybridized carbons (Fsp3) is 0.333. The molecule has 1 nitrogen and oxygen atoms in total. The van der Waals surface area contributed by atoms with Crippen LogP contribution in [0.15, 0.2) is 30.8 Å². The zero-order chi connectivity index (χ0) is 9.84. The van der Waals surface area contributed by atoms with Crippen molar-refractivity contribution < 1.29 is 4.74 Å². The van der Waals surface area contributed by atoms with Gasteiger partial charge in [0, 0.05) is 5.56 Å². The summed E-state index contributed by atoms with van der Waals surface area (Å²) in [6.45, 7) is 8.32. The highest BCUT2D eigenvalue weighted by Crippen LogP contribution is 2.28. The standard InChI is InChI=1S/C12H16O/c1-9(2)10(3)11-7-5-6-8-12(11)13-4/h5-9H,3H2,1-2,4H3. The molecule has 0 saturated heterocycles. The van der Waals surface area contributed by atoms with Crippen LogP contribution in [0.4, 0.5) is 0 Å². The molecule has 0 amide bonds. The minimum atomic E-state index is 0.455. The molecule has 70 valence electrons. The second kappa shape index (κ2) is 4.13. The zero-order valence-corrected chi connectivity index (χ0v) is 8.50. The number of hydrogen-bond donors (Lipinski definition) is 0. The van der Waals surface area contributed by atoms with Crippen LogP contribution in [0.1, 0.15) is 19.4 Å². The van der Waals surface area contributed by atoms with Crippen LogP contribution in [-0.2, 0) is 0 Å². The van der Waals surface area contributed by atoms with E-state index in [1.54, 1.807) is 7.11 Å². The van der Waals surface area contributed by atoms with E-state index in [0.29, 0.717) is 5.92 Å². The maximum absolute atomic E-state index is 5.26. The summed E-state index contributed by atoms with van der Waals surface area (Å²) in [6, 6.07) is 7.98. The summed E-state index contributed by atoms with van der Waals surface area (Å²) in [4.78, 5) is 0. The lowest BCUT2D eigenvalue weighted by Crippen LogP contribution is -1.95. The minimum Gasteiger partial charge on any atom is -0.496 e. The lowest BCUT2D eigenvalue weighted by Gasteiger charge is -2.13. The van der Waals surface area contributed by atoms with E-state index >= 15 is 0 Å². The van der Waals surface area contributed by atoms with E-state index in [4.69, 9.17) is 4.74 Å². The van der Waals surface area contributed by atoms with E-state index in [0.717, 1.165) is 16.9 Å². The second-order valence-corrected chi connectivity index (χ2v) is 3.38. The van der Waals surface area contributed by atoms with E-state index in [1.807, 2.05) is 24.3 Å². The molecule has 0 radical (unpaired) electrons. The van der Waals surface area contributed by atoms with Crippen LogP contribution < -0.4 is 4.74 Å². The van der Waals surface area contributed by atoms with Gasteiger partial charge in [-0.3, -0.25) is 0 Å². The van der Waals surface area contributed by atoms with Crippen LogP contribution >= 0.6 is 0 Å². The smallest absolute Gasteiger partial charge is 0.126 e. The van der Waals surface area contributed by atoms with Crippen LogP contribution in [0.2, 0.25) is 0 Å². The number of rotatable bonds is 3. The molecule has 13 heavy (non-hydrogen) atoms. The van der Waals surface area contributed by atoms with Gasteiger partial charge in [0.15, 0.2) is 0 Å². The van der Waals surface area contributed by atoms with E-state index < -0.39 is 0 Å². The van der Waals surface area contributed by atoms with Crippen LogP contribution in [-0.4, -0.2) is 7.11 Å². The molecular formula is C12H16O. The summed E-state index contributed by atoms with van der Waals surface area (Å²) in [5.41, 5.74) is 2.23. The topological polar surface area (TPSA) is 9.23 Å². The Morgan fingerprint density at radius 2 is 1.92 bits per heavy atom. The van der Waals surface area contributed by atoms with Gasteiger partial charge in [0.2, 0.25) is 0 Å². The molecule has 0 aliphatic heterocycles. The molecule has 0 N–H and O–H groups in total. The molecule has 0 saturated carbocycles. The summed E-state index contributed by atoms with van der Waals surface area (Å²) in [7, 11) is 1.69. The third-order valence-corrected chi connectivity index (χ3v) is 2.15. The van der Waals surface area contributed by atoms with Gasteiger partial charge >= 0.3 is 0 Å². The van der Waals surface area contributed by atoms with E-state index in [-0.39, 0.29) is 0 Å². The highest BCUT2D eigenvalue weighted by molar-refractivity contribution is 5.69. The molecule has 0 atom stereocenters. The molecule has 0 heterocycles. The Labute approximate surface area is 80.0 Å². The Bertz CT molecular complexity index is 300. The monoisotopic (exact) mass is 176 g/mol. The van der Waals surface area contributed by atoms with Crippen molar-refractivity contribution in [1.29, 1.82) is 0 Å². The predicted octanol–water partition coefficient (Wildman–Crippen LogP) is 3.36. The van der Waals surface area contributed by atoms with Gasteiger partial charge in [-0.05, 0) is 17.6 Å². The van der Waals surface area contributed by atoms with Crippen LogP contribution in [0.5, 0.6) is 5.75 Å². The average Bonchev–Trinajstić information content (AvgIpc) is 2.16. The third-order valence-electron chi connectivity index (χ3n) is 2.15. The quantitative estimate of drug-likeness (QED) is 0.686. The SMILES string of the molecule is C=C(c1ccccc1OC)C(C)C. The molecule has 0 bridgehead atoms. The van der Waals surface area contributed by atoms with Gasteiger partial charge in [0.25, 0.3) is 0 Å². The normalized spacial score (nSPS) is 10.2. The minimum absolute atomic E-state index is 0.455. The zero-order valence-electron chi connectivity index (χ0n) is 8.50. The van der Waals surface area contributed by atoms with Gasteiger partial charge in [-0.1, -0.05) is 38.6 Å². The molecule has 0 aliphatic rings. The molecule has 1 rings (SSSR count). The fourth-order valence-electron chi connectivity index (χ4n) is 1.22. The van der Waals surface area contributed by atoms with Gasteiger partial charge in [-0.25, -0.2) is 0 Å². The van der Waals surface area contributed by atoms with Gasteiger partial charge in [-0.15, -0.1) is 0 Å². The van der Waals surface area contributed by atoms with E-state index in [1.165, 1.54) is 0 Å². The molecule has 1 aromatic carbocycles. The Morgan fingerprint density at radius 1 is 1.31 bits per heavy atom. The number of ether oxygens (including phenoxy) is 1. The van der Waals surface area contributed by atoms with E-state index in [2.05, 4.69) is 20.4 Å². The van der Waals surface area contributed by atoms with Crippen molar-refractivity contribution in [3.05, 3.63) is 36.4 Å². The average molecular weight is 176 g/mol. The molecular weight excluding hydrogens is 160 g/mol. The number of hydrogen-bond acceptors (Lipinski definition) is 1. The second-order valence-electron chi connectivity index (χ2n) is 3.38. The number of methoxy groups -OCH3 is 1. The van der Waals surface area contributed by atoms with Crippen molar-refractivity contribution in [3.8, 4) is 5.75 Å². The van der Waals surface area contributed by atoms with Crippen molar-refractivity contribution in [1.82, 2.24) is 0 Å². The Balaban J connectivity index is 3.06. The Kier molecular flexibility index (Phi) is 3.13. The molecule has 0 aliphatic carbocycles. The van der Waals surface area contributed by atoms with Gasteiger partial charge in [0.05, 0.1) is 7.11 Å². The maximum atomic E-state index is 5.26.